The van der Waals surface area contributed by atoms with Crippen molar-refractivity contribution in [1.29, 1.82) is 0 Å². The number of nitrogens with zero attached hydrogens (tertiary/aromatic N) is 1. The van der Waals surface area contributed by atoms with Gasteiger partial charge in [-0.15, -0.1) is 0 Å². The zero-order chi connectivity index (χ0) is 16.1. The summed E-state index contributed by atoms with van der Waals surface area (Å²) < 4.78 is 6.46. The Labute approximate surface area is 143 Å². The van der Waals surface area contributed by atoms with Crippen molar-refractivity contribution < 1.29 is 9.53 Å². The van der Waals surface area contributed by atoms with Crippen LogP contribution in [-0.2, 0) is 4.74 Å². The molecule has 1 fully saturated rings. The van der Waals surface area contributed by atoms with Crippen molar-refractivity contribution in [2.45, 2.75) is 18.9 Å². The lowest BCUT2D eigenvalue weighted by atomic mass is 10.2. The summed E-state index contributed by atoms with van der Waals surface area (Å²) in [6, 6.07) is 11.4. The Balaban J connectivity index is 1.58. The molecule has 1 unspecified atom stereocenters. The zero-order valence-corrected chi connectivity index (χ0v) is 14.2. The molecule has 2 aromatic rings. The van der Waals surface area contributed by atoms with Crippen molar-refractivity contribution in [3.05, 3.63) is 52.8 Å². The minimum atomic E-state index is -0.173. The molecule has 1 saturated heterocycles. The molecule has 1 amide bonds. The molecule has 0 spiro atoms. The average Bonchev–Trinajstić information content (AvgIpc) is 3.09. The molecule has 23 heavy (non-hydrogen) atoms. The van der Waals surface area contributed by atoms with Crippen LogP contribution in [0.4, 0.5) is 11.4 Å². The summed E-state index contributed by atoms with van der Waals surface area (Å²) in [5.41, 5.74) is 2.18. The molecule has 120 valence electrons. The van der Waals surface area contributed by atoms with Gasteiger partial charge in [0.1, 0.15) is 5.69 Å². The molecule has 1 aliphatic rings. The van der Waals surface area contributed by atoms with Gasteiger partial charge < -0.3 is 15.4 Å². The molecule has 3 rings (SSSR count). The summed E-state index contributed by atoms with van der Waals surface area (Å²) in [6.07, 6.45) is 3.85. The lowest BCUT2D eigenvalue weighted by Gasteiger charge is -2.11. The maximum atomic E-state index is 12.1. The minimum absolute atomic E-state index is 0.135. The molecule has 6 heteroatoms. The van der Waals surface area contributed by atoms with Crippen molar-refractivity contribution in [2.24, 2.45) is 0 Å². The van der Waals surface area contributed by atoms with E-state index in [4.69, 9.17) is 4.74 Å². The van der Waals surface area contributed by atoms with Crippen molar-refractivity contribution in [3.63, 3.8) is 0 Å². The Morgan fingerprint density at radius 3 is 2.87 bits per heavy atom. The second-order valence-electron chi connectivity index (χ2n) is 5.38. The quantitative estimate of drug-likeness (QED) is 0.839. The van der Waals surface area contributed by atoms with Gasteiger partial charge in [-0.3, -0.25) is 4.79 Å². The van der Waals surface area contributed by atoms with Crippen LogP contribution in [0.1, 0.15) is 23.3 Å². The molecule has 0 aliphatic carbocycles. The minimum Gasteiger partial charge on any atom is -0.376 e. The Kier molecular flexibility index (Phi) is 5.25. The highest BCUT2D eigenvalue weighted by Gasteiger charge is 2.17. The van der Waals surface area contributed by atoms with Gasteiger partial charge in [0, 0.05) is 17.6 Å². The molecule has 1 aromatic carbocycles. The van der Waals surface area contributed by atoms with Crippen LogP contribution in [0.5, 0.6) is 0 Å². The molecule has 0 saturated carbocycles. The lowest BCUT2D eigenvalue weighted by Crippen LogP contribution is -2.32. The summed E-state index contributed by atoms with van der Waals surface area (Å²) in [7, 11) is 0. The Morgan fingerprint density at radius 1 is 1.30 bits per heavy atom. The standard InChI is InChI=1S/C17H18BrN3O2/c18-14-5-1-2-6-15(14)21-12-7-8-16(19-10-12)17(22)20-11-13-4-3-9-23-13/h1-2,5-8,10,13,21H,3-4,9,11H2,(H,20,22). The zero-order valence-electron chi connectivity index (χ0n) is 12.6. The van der Waals surface area contributed by atoms with Crippen LogP contribution < -0.4 is 10.6 Å². The van der Waals surface area contributed by atoms with Gasteiger partial charge in [-0.2, -0.15) is 0 Å². The number of pyridine rings is 1. The van der Waals surface area contributed by atoms with E-state index >= 15 is 0 Å². The van der Waals surface area contributed by atoms with E-state index in [9.17, 15) is 4.79 Å². The van der Waals surface area contributed by atoms with E-state index in [0.717, 1.165) is 35.3 Å². The number of rotatable bonds is 5. The van der Waals surface area contributed by atoms with Crippen LogP contribution in [0, 0.1) is 0 Å². The number of aromatic nitrogens is 1. The number of ether oxygens (including phenoxy) is 1. The highest BCUT2D eigenvalue weighted by molar-refractivity contribution is 9.10. The van der Waals surface area contributed by atoms with E-state index in [1.54, 1.807) is 12.3 Å². The van der Waals surface area contributed by atoms with E-state index < -0.39 is 0 Å². The Morgan fingerprint density at radius 2 is 2.17 bits per heavy atom. The second-order valence-corrected chi connectivity index (χ2v) is 6.24. The summed E-state index contributed by atoms with van der Waals surface area (Å²) in [5.74, 6) is -0.173. The summed E-state index contributed by atoms with van der Waals surface area (Å²) in [5, 5.41) is 6.12. The topological polar surface area (TPSA) is 63.2 Å². The van der Waals surface area contributed by atoms with E-state index in [2.05, 4.69) is 31.5 Å². The van der Waals surface area contributed by atoms with E-state index in [1.807, 2.05) is 30.3 Å². The van der Waals surface area contributed by atoms with Crippen molar-refractivity contribution in [3.8, 4) is 0 Å². The van der Waals surface area contributed by atoms with Gasteiger partial charge in [0.15, 0.2) is 0 Å². The smallest absolute Gasteiger partial charge is 0.269 e. The van der Waals surface area contributed by atoms with Crippen LogP contribution in [0.2, 0.25) is 0 Å². The summed E-state index contributed by atoms with van der Waals surface area (Å²) in [6.45, 7) is 1.33. The number of hydrogen-bond donors (Lipinski definition) is 2. The Bertz CT molecular complexity index is 670. The van der Waals surface area contributed by atoms with E-state index in [-0.39, 0.29) is 12.0 Å². The third-order valence-electron chi connectivity index (χ3n) is 3.66. The van der Waals surface area contributed by atoms with Crippen LogP contribution >= 0.6 is 15.9 Å². The molecular formula is C17H18BrN3O2. The van der Waals surface area contributed by atoms with Gasteiger partial charge in [0.25, 0.3) is 5.91 Å². The third kappa shape index (κ3) is 4.30. The predicted molar refractivity (Wildman–Crippen MR) is 93.0 cm³/mol. The second kappa shape index (κ2) is 7.57. The molecule has 0 radical (unpaired) electrons. The number of carbonyl (C=O) groups is 1. The molecule has 5 nitrogen and oxygen atoms in total. The van der Waals surface area contributed by atoms with E-state index in [0.29, 0.717) is 12.2 Å². The number of nitrogens with one attached hydrogen (secondary N) is 2. The van der Waals surface area contributed by atoms with Crippen LogP contribution in [0.25, 0.3) is 0 Å². The maximum absolute atomic E-state index is 12.1. The van der Waals surface area contributed by atoms with Gasteiger partial charge in [-0.1, -0.05) is 12.1 Å². The fraction of sp³-hybridized carbons (Fsp3) is 0.294. The first-order valence-electron chi connectivity index (χ1n) is 7.60. The lowest BCUT2D eigenvalue weighted by molar-refractivity contribution is 0.0854. The monoisotopic (exact) mass is 375 g/mol. The number of carbonyl (C=O) groups excluding carboxylic acids is 1. The highest BCUT2D eigenvalue weighted by atomic mass is 79.9. The normalized spacial score (nSPS) is 17.0. The molecule has 1 aromatic heterocycles. The average molecular weight is 376 g/mol. The number of amides is 1. The third-order valence-corrected chi connectivity index (χ3v) is 4.35. The first-order valence-corrected chi connectivity index (χ1v) is 8.39. The molecule has 1 aliphatic heterocycles. The molecule has 0 bridgehead atoms. The first-order chi connectivity index (χ1) is 11.2. The van der Waals surface area contributed by atoms with Crippen LogP contribution in [-0.4, -0.2) is 30.1 Å². The Hall–Kier alpha value is -1.92. The summed E-state index contributed by atoms with van der Waals surface area (Å²) >= 11 is 3.49. The number of anilines is 2. The van der Waals surface area contributed by atoms with Gasteiger partial charge >= 0.3 is 0 Å². The largest absolute Gasteiger partial charge is 0.376 e. The highest BCUT2D eigenvalue weighted by Crippen LogP contribution is 2.24. The molecule has 2 N–H and O–H groups in total. The van der Waals surface area contributed by atoms with Gasteiger partial charge in [0.05, 0.1) is 23.7 Å². The molecule has 1 atom stereocenters. The van der Waals surface area contributed by atoms with Gasteiger partial charge in [0.2, 0.25) is 0 Å². The fourth-order valence-corrected chi connectivity index (χ4v) is 2.81. The van der Waals surface area contributed by atoms with Crippen LogP contribution in [0.15, 0.2) is 47.1 Å². The fourth-order valence-electron chi connectivity index (χ4n) is 2.42. The van der Waals surface area contributed by atoms with E-state index in [1.165, 1.54) is 0 Å². The summed E-state index contributed by atoms with van der Waals surface area (Å²) in [4.78, 5) is 16.3. The van der Waals surface area contributed by atoms with Crippen molar-refractivity contribution >= 4 is 33.2 Å². The van der Waals surface area contributed by atoms with Crippen molar-refractivity contribution in [1.82, 2.24) is 10.3 Å². The maximum Gasteiger partial charge on any atom is 0.269 e. The van der Waals surface area contributed by atoms with Crippen molar-refractivity contribution in [2.75, 3.05) is 18.5 Å². The van der Waals surface area contributed by atoms with Crippen LogP contribution in [0.3, 0.4) is 0 Å². The molecular weight excluding hydrogens is 358 g/mol. The van der Waals surface area contributed by atoms with Gasteiger partial charge in [-0.05, 0) is 53.0 Å². The number of benzene rings is 1. The number of halogens is 1. The number of hydrogen-bond acceptors (Lipinski definition) is 4. The SMILES string of the molecule is O=C(NCC1CCCO1)c1ccc(Nc2ccccc2Br)cn1. The van der Waals surface area contributed by atoms with Gasteiger partial charge in [-0.25, -0.2) is 4.98 Å². The predicted octanol–water partition coefficient (Wildman–Crippen LogP) is 3.50. The number of para-hydroxylation sites is 1. The molecule has 2 heterocycles. The first kappa shape index (κ1) is 16.0.